The van der Waals surface area contributed by atoms with Crippen molar-refractivity contribution in [3.05, 3.63) is 94.9 Å². The van der Waals surface area contributed by atoms with E-state index < -0.39 is 0 Å². The van der Waals surface area contributed by atoms with Gasteiger partial charge in [0.1, 0.15) is 11.8 Å². The van der Waals surface area contributed by atoms with E-state index in [1.807, 2.05) is 74.5 Å². The van der Waals surface area contributed by atoms with Crippen molar-refractivity contribution >= 4 is 5.91 Å². The molecule has 0 radical (unpaired) electrons. The summed E-state index contributed by atoms with van der Waals surface area (Å²) in [6.45, 7) is 3.97. The molecule has 1 heterocycles. The van der Waals surface area contributed by atoms with Gasteiger partial charge in [-0.1, -0.05) is 42.5 Å². The quantitative estimate of drug-likeness (QED) is 0.775. The molecule has 1 aromatic heterocycles. The van der Waals surface area contributed by atoms with E-state index in [0.29, 0.717) is 5.56 Å². The monoisotopic (exact) mass is 305 g/mol. The van der Waals surface area contributed by atoms with Crippen LogP contribution in [0.2, 0.25) is 0 Å². The van der Waals surface area contributed by atoms with Crippen LogP contribution in [0, 0.1) is 13.8 Å². The Kier molecular flexibility index (Phi) is 4.29. The number of carbonyl (C=O) groups excluding carboxylic acids is 1. The molecule has 0 saturated carbocycles. The van der Waals surface area contributed by atoms with Gasteiger partial charge in [0.15, 0.2) is 0 Å². The summed E-state index contributed by atoms with van der Waals surface area (Å²) in [6, 6.07) is 19.0. The van der Waals surface area contributed by atoms with Crippen molar-refractivity contribution < 1.29 is 9.21 Å². The standard InChI is InChI=1S/C20H19NO2/c1-14-8-6-11-17(15(14)2)20(22)21-19(18-12-7-13-23-18)16-9-4-3-5-10-16/h3-13,19H,1-2H3,(H,21,22). The van der Waals surface area contributed by atoms with Gasteiger partial charge >= 0.3 is 0 Å². The Morgan fingerprint density at radius 3 is 2.43 bits per heavy atom. The highest BCUT2D eigenvalue weighted by Crippen LogP contribution is 2.23. The van der Waals surface area contributed by atoms with Crippen molar-refractivity contribution in [2.24, 2.45) is 0 Å². The Bertz CT molecular complexity index is 792. The summed E-state index contributed by atoms with van der Waals surface area (Å²) in [4.78, 5) is 12.7. The molecule has 23 heavy (non-hydrogen) atoms. The normalized spacial score (nSPS) is 11.9. The molecule has 0 saturated heterocycles. The molecule has 1 atom stereocenters. The van der Waals surface area contributed by atoms with Gasteiger partial charge in [0.05, 0.1) is 6.26 Å². The number of carbonyl (C=O) groups is 1. The molecule has 0 bridgehead atoms. The number of aryl methyl sites for hydroxylation is 1. The zero-order valence-electron chi connectivity index (χ0n) is 13.2. The number of hydrogen-bond acceptors (Lipinski definition) is 2. The maximum atomic E-state index is 12.7. The average Bonchev–Trinajstić information content (AvgIpc) is 3.10. The predicted octanol–water partition coefficient (Wildman–Crippen LogP) is 4.42. The average molecular weight is 305 g/mol. The number of hydrogen-bond donors (Lipinski definition) is 1. The second-order valence-electron chi connectivity index (χ2n) is 5.58. The molecule has 2 aromatic carbocycles. The van der Waals surface area contributed by atoms with E-state index >= 15 is 0 Å². The largest absolute Gasteiger partial charge is 0.467 e. The van der Waals surface area contributed by atoms with Crippen LogP contribution in [0.25, 0.3) is 0 Å². The topological polar surface area (TPSA) is 42.2 Å². The van der Waals surface area contributed by atoms with Crippen molar-refractivity contribution in [2.45, 2.75) is 19.9 Å². The Morgan fingerprint density at radius 2 is 1.74 bits per heavy atom. The Balaban J connectivity index is 1.93. The number of nitrogens with one attached hydrogen (secondary N) is 1. The number of furan rings is 1. The van der Waals surface area contributed by atoms with Gasteiger partial charge in [-0.3, -0.25) is 4.79 Å². The molecule has 0 aliphatic rings. The molecule has 0 aliphatic heterocycles. The van der Waals surface area contributed by atoms with Gasteiger partial charge in [-0.05, 0) is 48.7 Å². The van der Waals surface area contributed by atoms with Crippen molar-refractivity contribution in [3.8, 4) is 0 Å². The van der Waals surface area contributed by atoms with Crippen LogP contribution in [-0.4, -0.2) is 5.91 Å². The number of rotatable bonds is 4. The van der Waals surface area contributed by atoms with Crippen LogP contribution in [0.1, 0.15) is 38.9 Å². The lowest BCUT2D eigenvalue weighted by molar-refractivity contribution is 0.0938. The third kappa shape index (κ3) is 3.19. The summed E-state index contributed by atoms with van der Waals surface area (Å²) in [5, 5.41) is 3.09. The Morgan fingerprint density at radius 1 is 0.957 bits per heavy atom. The van der Waals surface area contributed by atoms with E-state index in [1.54, 1.807) is 6.26 Å². The fourth-order valence-electron chi connectivity index (χ4n) is 2.63. The van der Waals surface area contributed by atoms with Gasteiger partial charge in [-0.25, -0.2) is 0 Å². The molecule has 3 aromatic rings. The molecule has 0 fully saturated rings. The highest BCUT2D eigenvalue weighted by atomic mass is 16.3. The number of benzene rings is 2. The lowest BCUT2D eigenvalue weighted by Gasteiger charge is -2.18. The van der Waals surface area contributed by atoms with Gasteiger partial charge in [0.2, 0.25) is 0 Å². The molecule has 3 rings (SSSR count). The second-order valence-corrected chi connectivity index (χ2v) is 5.58. The summed E-state index contributed by atoms with van der Waals surface area (Å²) >= 11 is 0. The first-order valence-corrected chi connectivity index (χ1v) is 7.62. The first-order chi connectivity index (χ1) is 11.2. The molecule has 1 N–H and O–H groups in total. The van der Waals surface area contributed by atoms with Crippen LogP contribution >= 0.6 is 0 Å². The van der Waals surface area contributed by atoms with E-state index in [0.717, 1.165) is 22.5 Å². The van der Waals surface area contributed by atoms with E-state index in [-0.39, 0.29) is 11.9 Å². The number of amides is 1. The Hall–Kier alpha value is -2.81. The van der Waals surface area contributed by atoms with E-state index in [9.17, 15) is 4.79 Å². The van der Waals surface area contributed by atoms with Gasteiger partial charge in [-0.2, -0.15) is 0 Å². The highest BCUT2D eigenvalue weighted by molar-refractivity contribution is 5.96. The summed E-state index contributed by atoms with van der Waals surface area (Å²) in [5.41, 5.74) is 3.78. The van der Waals surface area contributed by atoms with Crippen molar-refractivity contribution in [1.29, 1.82) is 0 Å². The molecular weight excluding hydrogens is 286 g/mol. The lowest BCUT2D eigenvalue weighted by Crippen LogP contribution is -2.29. The van der Waals surface area contributed by atoms with Gasteiger partial charge in [0, 0.05) is 5.56 Å². The van der Waals surface area contributed by atoms with Crippen molar-refractivity contribution in [1.82, 2.24) is 5.32 Å². The lowest BCUT2D eigenvalue weighted by atomic mass is 10.0. The van der Waals surface area contributed by atoms with E-state index in [2.05, 4.69) is 5.32 Å². The molecule has 3 heteroatoms. The summed E-state index contributed by atoms with van der Waals surface area (Å²) in [6.07, 6.45) is 1.62. The first-order valence-electron chi connectivity index (χ1n) is 7.62. The third-order valence-corrected chi connectivity index (χ3v) is 4.09. The van der Waals surface area contributed by atoms with Crippen molar-refractivity contribution in [3.63, 3.8) is 0 Å². The SMILES string of the molecule is Cc1cccc(C(=O)NC(c2ccccc2)c2ccco2)c1C. The molecular formula is C20H19NO2. The maximum Gasteiger partial charge on any atom is 0.252 e. The van der Waals surface area contributed by atoms with Gasteiger partial charge in [-0.15, -0.1) is 0 Å². The first kappa shape index (κ1) is 15.1. The minimum Gasteiger partial charge on any atom is -0.467 e. The maximum absolute atomic E-state index is 12.7. The molecule has 0 aliphatic carbocycles. The molecule has 116 valence electrons. The van der Waals surface area contributed by atoms with Crippen molar-refractivity contribution in [2.75, 3.05) is 0 Å². The summed E-state index contributed by atoms with van der Waals surface area (Å²) in [5.74, 6) is 0.617. The fourth-order valence-corrected chi connectivity index (χ4v) is 2.63. The third-order valence-electron chi connectivity index (χ3n) is 4.09. The van der Waals surface area contributed by atoms with Crippen LogP contribution in [0.15, 0.2) is 71.3 Å². The summed E-state index contributed by atoms with van der Waals surface area (Å²) in [7, 11) is 0. The zero-order chi connectivity index (χ0) is 16.2. The molecule has 0 spiro atoms. The Labute approximate surface area is 136 Å². The fraction of sp³-hybridized carbons (Fsp3) is 0.150. The van der Waals surface area contributed by atoms with Gasteiger partial charge in [0.25, 0.3) is 5.91 Å². The molecule has 1 amide bonds. The smallest absolute Gasteiger partial charge is 0.252 e. The van der Waals surface area contributed by atoms with E-state index in [4.69, 9.17) is 4.42 Å². The second kappa shape index (κ2) is 6.53. The van der Waals surface area contributed by atoms with Crippen LogP contribution in [0.5, 0.6) is 0 Å². The van der Waals surface area contributed by atoms with Crippen LogP contribution in [0.3, 0.4) is 0 Å². The predicted molar refractivity (Wildman–Crippen MR) is 90.4 cm³/mol. The molecule has 1 unspecified atom stereocenters. The van der Waals surface area contributed by atoms with Crippen LogP contribution in [-0.2, 0) is 0 Å². The highest BCUT2D eigenvalue weighted by Gasteiger charge is 2.21. The summed E-state index contributed by atoms with van der Waals surface area (Å²) < 4.78 is 5.53. The van der Waals surface area contributed by atoms with Crippen LogP contribution in [0.4, 0.5) is 0 Å². The molecule has 3 nitrogen and oxygen atoms in total. The van der Waals surface area contributed by atoms with E-state index in [1.165, 1.54) is 0 Å². The van der Waals surface area contributed by atoms with Gasteiger partial charge < -0.3 is 9.73 Å². The van der Waals surface area contributed by atoms with Crippen LogP contribution < -0.4 is 5.32 Å². The minimum absolute atomic E-state index is 0.101. The zero-order valence-corrected chi connectivity index (χ0v) is 13.2. The minimum atomic E-state index is -0.307.